The maximum absolute atomic E-state index is 10.6. The van der Waals surface area contributed by atoms with Gasteiger partial charge in [-0.15, -0.1) is 0 Å². The monoisotopic (exact) mass is 244 g/mol. The molecular formula is C17H24O. The Balaban J connectivity index is 2.54. The van der Waals surface area contributed by atoms with Crippen molar-refractivity contribution in [3.8, 4) is 5.75 Å². The second-order valence-corrected chi connectivity index (χ2v) is 6.43. The topological polar surface area (TPSA) is 20.2 Å². The molecule has 1 nitrogen and oxygen atoms in total. The predicted molar refractivity (Wildman–Crippen MR) is 78.0 cm³/mol. The Morgan fingerprint density at radius 2 is 1.83 bits per heavy atom. The lowest BCUT2D eigenvalue weighted by molar-refractivity contribution is 0.444. The van der Waals surface area contributed by atoms with Crippen LogP contribution in [-0.4, -0.2) is 5.11 Å². The van der Waals surface area contributed by atoms with Crippen LogP contribution in [0.5, 0.6) is 5.75 Å². The summed E-state index contributed by atoms with van der Waals surface area (Å²) < 4.78 is 0. The van der Waals surface area contributed by atoms with Gasteiger partial charge in [0.25, 0.3) is 0 Å². The van der Waals surface area contributed by atoms with Gasteiger partial charge in [-0.25, -0.2) is 0 Å². The SMILES string of the molecule is Cc1cc(C2=CCCCC2)c(O)c(C(C)(C)C)c1. The van der Waals surface area contributed by atoms with Crippen LogP contribution in [0.2, 0.25) is 0 Å². The van der Waals surface area contributed by atoms with E-state index in [2.05, 4.69) is 45.9 Å². The lowest BCUT2D eigenvalue weighted by atomic mass is 9.82. The molecule has 1 aromatic carbocycles. The molecule has 1 aliphatic rings. The van der Waals surface area contributed by atoms with Gasteiger partial charge in [0.15, 0.2) is 0 Å². The minimum Gasteiger partial charge on any atom is -0.507 e. The first-order chi connectivity index (χ1) is 8.39. The number of rotatable bonds is 1. The highest BCUT2D eigenvalue weighted by Crippen LogP contribution is 2.39. The highest BCUT2D eigenvalue weighted by molar-refractivity contribution is 5.73. The van der Waals surface area contributed by atoms with Crippen LogP contribution < -0.4 is 0 Å². The van der Waals surface area contributed by atoms with Crippen LogP contribution in [0.15, 0.2) is 18.2 Å². The number of phenolic OH excluding ortho intramolecular Hbond substituents is 1. The van der Waals surface area contributed by atoms with Crippen molar-refractivity contribution >= 4 is 5.57 Å². The summed E-state index contributed by atoms with van der Waals surface area (Å²) in [6, 6.07) is 4.24. The van der Waals surface area contributed by atoms with Crippen molar-refractivity contribution in [2.45, 2.75) is 58.8 Å². The van der Waals surface area contributed by atoms with Gasteiger partial charge in [-0.2, -0.15) is 0 Å². The van der Waals surface area contributed by atoms with E-state index in [9.17, 15) is 5.11 Å². The fourth-order valence-corrected chi connectivity index (χ4v) is 2.68. The smallest absolute Gasteiger partial charge is 0.126 e. The molecule has 0 aromatic heterocycles. The van der Waals surface area contributed by atoms with E-state index in [1.165, 1.54) is 24.0 Å². The Labute approximate surface area is 111 Å². The molecule has 1 heteroatoms. The van der Waals surface area contributed by atoms with E-state index in [0.717, 1.165) is 24.0 Å². The van der Waals surface area contributed by atoms with Gasteiger partial charge < -0.3 is 5.11 Å². The number of phenols is 1. The highest BCUT2D eigenvalue weighted by atomic mass is 16.3. The number of hydrogen-bond acceptors (Lipinski definition) is 1. The Bertz CT molecular complexity index is 475. The number of aromatic hydroxyl groups is 1. The third-order valence-electron chi connectivity index (χ3n) is 3.70. The van der Waals surface area contributed by atoms with Crippen LogP contribution >= 0.6 is 0 Å². The third kappa shape index (κ3) is 2.60. The van der Waals surface area contributed by atoms with E-state index in [4.69, 9.17) is 0 Å². The quantitative estimate of drug-likeness (QED) is 0.740. The fourth-order valence-electron chi connectivity index (χ4n) is 2.68. The molecule has 0 unspecified atom stereocenters. The van der Waals surface area contributed by atoms with Crippen molar-refractivity contribution in [2.24, 2.45) is 0 Å². The van der Waals surface area contributed by atoms with E-state index in [1.807, 2.05) is 0 Å². The average Bonchev–Trinajstić information content (AvgIpc) is 2.31. The van der Waals surface area contributed by atoms with Gasteiger partial charge >= 0.3 is 0 Å². The zero-order valence-corrected chi connectivity index (χ0v) is 12.0. The summed E-state index contributed by atoms with van der Waals surface area (Å²) in [4.78, 5) is 0. The van der Waals surface area contributed by atoms with Gasteiger partial charge in [0.2, 0.25) is 0 Å². The first kappa shape index (κ1) is 13.2. The molecule has 18 heavy (non-hydrogen) atoms. The van der Waals surface area contributed by atoms with Gasteiger partial charge in [-0.3, -0.25) is 0 Å². The van der Waals surface area contributed by atoms with Crippen molar-refractivity contribution in [3.05, 3.63) is 34.9 Å². The molecule has 0 saturated carbocycles. The van der Waals surface area contributed by atoms with E-state index in [0.29, 0.717) is 5.75 Å². The number of allylic oxidation sites excluding steroid dienone is 2. The minimum absolute atomic E-state index is 0.0138. The van der Waals surface area contributed by atoms with Crippen LogP contribution in [-0.2, 0) is 5.41 Å². The number of hydrogen-bond donors (Lipinski definition) is 1. The summed E-state index contributed by atoms with van der Waals surface area (Å²) in [7, 11) is 0. The molecule has 2 rings (SSSR count). The van der Waals surface area contributed by atoms with Gasteiger partial charge in [0, 0.05) is 11.1 Å². The Kier molecular flexibility index (Phi) is 3.52. The van der Waals surface area contributed by atoms with Crippen molar-refractivity contribution in [1.29, 1.82) is 0 Å². The second-order valence-electron chi connectivity index (χ2n) is 6.43. The number of benzene rings is 1. The van der Waals surface area contributed by atoms with Crippen molar-refractivity contribution in [1.82, 2.24) is 0 Å². The standard InChI is InChI=1S/C17H24O/c1-12-10-14(13-8-6-5-7-9-13)16(18)15(11-12)17(2,3)4/h8,10-11,18H,5-7,9H2,1-4H3. The molecule has 0 spiro atoms. The Morgan fingerprint density at radius 3 is 2.39 bits per heavy atom. The van der Waals surface area contributed by atoms with Gasteiger partial charge in [0.1, 0.15) is 5.75 Å². The predicted octanol–water partition coefficient (Wildman–Crippen LogP) is 4.96. The summed E-state index contributed by atoms with van der Waals surface area (Å²) in [5, 5.41) is 10.6. The summed E-state index contributed by atoms with van der Waals surface area (Å²) >= 11 is 0. The summed E-state index contributed by atoms with van der Waals surface area (Å²) in [5.74, 6) is 0.487. The third-order valence-corrected chi connectivity index (χ3v) is 3.70. The molecule has 0 atom stereocenters. The summed E-state index contributed by atoms with van der Waals surface area (Å²) in [6.07, 6.45) is 7.06. The molecule has 0 fully saturated rings. The van der Waals surface area contributed by atoms with Crippen molar-refractivity contribution in [2.75, 3.05) is 0 Å². The largest absolute Gasteiger partial charge is 0.507 e. The first-order valence-electron chi connectivity index (χ1n) is 6.93. The molecular weight excluding hydrogens is 220 g/mol. The van der Waals surface area contributed by atoms with E-state index >= 15 is 0 Å². The lowest BCUT2D eigenvalue weighted by Gasteiger charge is -2.24. The molecule has 0 saturated heterocycles. The molecule has 1 aliphatic carbocycles. The summed E-state index contributed by atoms with van der Waals surface area (Å²) in [6.45, 7) is 8.57. The zero-order chi connectivity index (χ0) is 13.3. The van der Waals surface area contributed by atoms with Crippen LogP contribution in [0.25, 0.3) is 5.57 Å². The zero-order valence-electron chi connectivity index (χ0n) is 12.0. The van der Waals surface area contributed by atoms with E-state index < -0.39 is 0 Å². The van der Waals surface area contributed by atoms with Crippen LogP contribution in [0.1, 0.15) is 63.1 Å². The van der Waals surface area contributed by atoms with Crippen molar-refractivity contribution in [3.63, 3.8) is 0 Å². The molecule has 0 radical (unpaired) electrons. The molecule has 98 valence electrons. The molecule has 1 N–H and O–H groups in total. The van der Waals surface area contributed by atoms with Crippen LogP contribution in [0, 0.1) is 6.92 Å². The van der Waals surface area contributed by atoms with Crippen LogP contribution in [0.3, 0.4) is 0 Å². The maximum atomic E-state index is 10.6. The van der Waals surface area contributed by atoms with Gasteiger partial charge in [0.05, 0.1) is 0 Å². The van der Waals surface area contributed by atoms with E-state index in [-0.39, 0.29) is 5.41 Å². The average molecular weight is 244 g/mol. The maximum Gasteiger partial charge on any atom is 0.126 e. The van der Waals surface area contributed by atoms with E-state index in [1.54, 1.807) is 0 Å². The van der Waals surface area contributed by atoms with Gasteiger partial charge in [-0.05, 0) is 55.2 Å². The first-order valence-corrected chi connectivity index (χ1v) is 6.93. The Hall–Kier alpha value is -1.24. The minimum atomic E-state index is -0.0138. The van der Waals surface area contributed by atoms with Gasteiger partial charge in [-0.1, -0.05) is 32.9 Å². The Morgan fingerprint density at radius 1 is 1.11 bits per heavy atom. The van der Waals surface area contributed by atoms with Crippen LogP contribution in [0.4, 0.5) is 0 Å². The molecule has 0 amide bonds. The molecule has 0 bridgehead atoms. The normalized spacial score (nSPS) is 16.6. The summed E-state index contributed by atoms with van der Waals surface area (Å²) in [5.41, 5.74) is 4.66. The molecule has 1 aromatic rings. The highest BCUT2D eigenvalue weighted by Gasteiger charge is 2.22. The number of aryl methyl sites for hydroxylation is 1. The second kappa shape index (κ2) is 4.79. The molecule has 0 heterocycles. The fraction of sp³-hybridized carbons (Fsp3) is 0.529. The van der Waals surface area contributed by atoms with Crippen molar-refractivity contribution < 1.29 is 5.11 Å². The lowest BCUT2D eigenvalue weighted by Crippen LogP contribution is -2.12. The molecule has 0 aliphatic heterocycles.